The SMILES string of the molecule is CCC(=O)NC1CCN(c2nc(C(C)(C)C)ns2)C12CCCC2. The molecule has 1 aliphatic heterocycles. The van der Waals surface area contributed by atoms with Crippen molar-refractivity contribution in [3.63, 3.8) is 0 Å². The molecular weight excluding hydrogens is 308 g/mol. The van der Waals surface area contributed by atoms with E-state index in [1.54, 1.807) is 0 Å². The highest BCUT2D eigenvalue weighted by atomic mass is 32.1. The Kier molecular flexibility index (Phi) is 4.38. The third-order valence-corrected chi connectivity index (χ3v) is 6.01. The first-order chi connectivity index (χ1) is 10.9. The van der Waals surface area contributed by atoms with E-state index in [-0.39, 0.29) is 22.9 Å². The van der Waals surface area contributed by atoms with Crippen molar-refractivity contribution in [2.24, 2.45) is 0 Å². The molecule has 5 nitrogen and oxygen atoms in total. The Labute approximate surface area is 143 Å². The molecule has 2 aliphatic rings. The maximum atomic E-state index is 11.9. The molecule has 1 aliphatic carbocycles. The molecule has 1 unspecified atom stereocenters. The van der Waals surface area contributed by atoms with Gasteiger partial charge in [0.2, 0.25) is 11.0 Å². The van der Waals surface area contributed by atoms with E-state index in [2.05, 4.69) is 35.4 Å². The fourth-order valence-electron chi connectivity index (χ4n) is 3.96. The van der Waals surface area contributed by atoms with Gasteiger partial charge in [-0.15, -0.1) is 0 Å². The number of anilines is 1. The summed E-state index contributed by atoms with van der Waals surface area (Å²) >= 11 is 1.51. The molecule has 1 spiro atoms. The maximum absolute atomic E-state index is 11.9. The Balaban J connectivity index is 1.87. The largest absolute Gasteiger partial charge is 0.351 e. The van der Waals surface area contributed by atoms with Crippen LogP contribution in [0.5, 0.6) is 0 Å². The van der Waals surface area contributed by atoms with Crippen LogP contribution in [-0.4, -0.2) is 33.4 Å². The van der Waals surface area contributed by atoms with Gasteiger partial charge in [0.05, 0.1) is 11.6 Å². The Bertz CT molecular complexity index is 571. The monoisotopic (exact) mass is 336 g/mol. The molecule has 1 aromatic heterocycles. The lowest BCUT2D eigenvalue weighted by atomic mass is 9.89. The minimum atomic E-state index is -0.0207. The zero-order valence-electron chi connectivity index (χ0n) is 14.7. The van der Waals surface area contributed by atoms with Crippen molar-refractivity contribution >= 4 is 22.6 Å². The third-order valence-electron chi connectivity index (χ3n) is 5.27. The summed E-state index contributed by atoms with van der Waals surface area (Å²) in [4.78, 5) is 19.2. The number of aromatic nitrogens is 2. The molecule has 0 aromatic carbocycles. The van der Waals surface area contributed by atoms with Crippen molar-refractivity contribution in [3.05, 3.63) is 5.82 Å². The van der Waals surface area contributed by atoms with Gasteiger partial charge in [-0.05, 0) is 19.3 Å². The number of carbonyl (C=O) groups excluding carboxylic acids is 1. The summed E-state index contributed by atoms with van der Waals surface area (Å²) in [5, 5.41) is 4.31. The fraction of sp³-hybridized carbons (Fsp3) is 0.824. The standard InChI is InChI=1S/C17H28N4OS/c1-5-13(22)18-12-8-11-21(17(12)9-6-7-10-17)15-19-14(20-23-15)16(2,3)4/h12H,5-11H2,1-4H3,(H,18,22). The molecule has 3 rings (SSSR count). The topological polar surface area (TPSA) is 58.1 Å². The first-order valence-corrected chi connectivity index (χ1v) is 9.55. The number of carbonyl (C=O) groups is 1. The quantitative estimate of drug-likeness (QED) is 0.920. The number of hydrogen-bond donors (Lipinski definition) is 1. The molecule has 128 valence electrons. The summed E-state index contributed by atoms with van der Waals surface area (Å²) in [5.74, 6) is 1.09. The van der Waals surface area contributed by atoms with Crippen molar-refractivity contribution in [2.75, 3.05) is 11.4 Å². The van der Waals surface area contributed by atoms with Crippen LogP contribution in [0.15, 0.2) is 0 Å². The predicted octanol–water partition coefficient (Wildman–Crippen LogP) is 3.25. The summed E-state index contributed by atoms with van der Waals surface area (Å²) < 4.78 is 4.59. The Morgan fingerprint density at radius 3 is 2.65 bits per heavy atom. The van der Waals surface area contributed by atoms with Crippen molar-refractivity contribution < 1.29 is 4.79 Å². The number of rotatable bonds is 3. The molecule has 2 fully saturated rings. The van der Waals surface area contributed by atoms with E-state index < -0.39 is 0 Å². The van der Waals surface area contributed by atoms with Crippen LogP contribution in [0.2, 0.25) is 0 Å². The van der Waals surface area contributed by atoms with Gasteiger partial charge in [-0.1, -0.05) is 40.5 Å². The molecule has 2 heterocycles. The van der Waals surface area contributed by atoms with Crippen molar-refractivity contribution in [1.29, 1.82) is 0 Å². The van der Waals surface area contributed by atoms with Crippen LogP contribution in [0.25, 0.3) is 0 Å². The Hall–Kier alpha value is -1.17. The second-order valence-electron chi connectivity index (χ2n) is 7.88. The summed E-state index contributed by atoms with van der Waals surface area (Å²) in [6, 6.07) is 0.249. The van der Waals surface area contributed by atoms with Gasteiger partial charge in [0, 0.05) is 29.9 Å². The average molecular weight is 337 g/mol. The lowest BCUT2D eigenvalue weighted by Crippen LogP contribution is -2.55. The summed E-state index contributed by atoms with van der Waals surface area (Å²) in [7, 11) is 0. The molecule has 1 N–H and O–H groups in total. The summed E-state index contributed by atoms with van der Waals surface area (Å²) in [6.45, 7) is 9.34. The van der Waals surface area contributed by atoms with Gasteiger partial charge in [-0.3, -0.25) is 4.79 Å². The van der Waals surface area contributed by atoms with Crippen LogP contribution in [-0.2, 0) is 10.2 Å². The lowest BCUT2D eigenvalue weighted by molar-refractivity contribution is -0.121. The zero-order chi connectivity index (χ0) is 16.7. The minimum Gasteiger partial charge on any atom is -0.351 e. The van der Waals surface area contributed by atoms with Gasteiger partial charge in [0.15, 0.2) is 0 Å². The number of amides is 1. The van der Waals surface area contributed by atoms with Crippen LogP contribution in [0.4, 0.5) is 5.13 Å². The van der Waals surface area contributed by atoms with Gasteiger partial charge in [0.1, 0.15) is 5.82 Å². The van der Waals surface area contributed by atoms with Crippen molar-refractivity contribution in [1.82, 2.24) is 14.7 Å². The van der Waals surface area contributed by atoms with Crippen LogP contribution in [0, 0.1) is 0 Å². The fourth-order valence-corrected chi connectivity index (χ4v) is 4.94. The van der Waals surface area contributed by atoms with E-state index in [9.17, 15) is 4.79 Å². The highest BCUT2D eigenvalue weighted by Gasteiger charge is 2.51. The van der Waals surface area contributed by atoms with E-state index >= 15 is 0 Å². The molecule has 1 saturated carbocycles. The van der Waals surface area contributed by atoms with Crippen molar-refractivity contribution in [3.8, 4) is 0 Å². The zero-order valence-corrected chi connectivity index (χ0v) is 15.5. The van der Waals surface area contributed by atoms with Gasteiger partial charge in [-0.25, -0.2) is 4.98 Å². The smallest absolute Gasteiger partial charge is 0.220 e. The molecule has 6 heteroatoms. The molecule has 1 amide bonds. The first-order valence-electron chi connectivity index (χ1n) is 8.78. The molecular formula is C17H28N4OS. The third kappa shape index (κ3) is 2.97. The predicted molar refractivity (Wildman–Crippen MR) is 94.0 cm³/mol. The van der Waals surface area contributed by atoms with E-state index in [0.29, 0.717) is 6.42 Å². The van der Waals surface area contributed by atoms with Crippen LogP contribution < -0.4 is 10.2 Å². The Morgan fingerprint density at radius 2 is 2.09 bits per heavy atom. The van der Waals surface area contributed by atoms with E-state index in [4.69, 9.17) is 4.98 Å². The van der Waals surface area contributed by atoms with E-state index in [0.717, 1.165) is 36.8 Å². The lowest BCUT2D eigenvalue weighted by Gasteiger charge is -2.39. The highest BCUT2D eigenvalue weighted by Crippen LogP contribution is 2.46. The second kappa shape index (κ2) is 6.04. The van der Waals surface area contributed by atoms with Gasteiger partial charge < -0.3 is 10.2 Å². The number of nitrogens with zero attached hydrogens (tertiary/aromatic N) is 3. The normalized spacial score (nSPS) is 23.7. The molecule has 0 bridgehead atoms. The van der Waals surface area contributed by atoms with Crippen LogP contribution in [0.3, 0.4) is 0 Å². The van der Waals surface area contributed by atoms with E-state index in [1.165, 1.54) is 24.4 Å². The van der Waals surface area contributed by atoms with Gasteiger partial charge >= 0.3 is 0 Å². The Morgan fingerprint density at radius 1 is 1.39 bits per heavy atom. The van der Waals surface area contributed by atoms with Crippen LogP contribution in [0.1, 0.15) is 72.0 Å². The molecule has 1 aromatic rings. The van der Waals surface area contributed by atoms with Crippen molar-refractivity contribution in [2.45, 2.75) is 83.2 Å². The van der Waals surface area contributed by atoms with Crippen LogP contribution >= 0.6 is 11.5 Å². The minimum absolute atomic E-state index is 0.0207. The van der Waals surface area contributed by atoms with Gasteiger partial charge in [-0.2, -0.15) is 4.37 Å². The highest BCUT2D eigenvalue weighted by molar-refractivity contribution is 7.09. The van der Waals surface area contributed by atoms with Gasteiger partial charge in [0.25, 0.3) is 0 Å². The summed E-state index contributed by atoms with van der Waals surface area (Å²) in [6.07, 6.45) is 6.33. The molecule has 0 radical (unpaired) electrons. The second-order valence-corrected chi connectivity index (χ2v) is 8.61. The molecule has 1 saturated heterocycles. The number of nitrogens with one attached hydrogen (secondary N) is 1. The number of hydrogen-bond acceptors (Lipinski definition) is 5. The molecule has 1 atom stereocenters. The average Bonchev–Trinajstić information content (AvgIpc) is 3.21. The summed E-state index contributed by atoms with van der Waals surface area (Å²) in [5.41, 5.74) is 0.0344. The molecule has 23 heavy (non-hydrogen) atoms. The first kappa shape index (κ1) is 16.7. The van der Waals surface area contributed by atoms with E-state index in [1.807, 2.05) is 6.92 Å². The maximum Gasteiger partial charge on any atom is 0.220 e.